The molecule has 0 radical (unpaired) electrons. The van der Waals surface area contributed by atoms with Crippen molar-refractivity contribution in [1.82, 2.24) is 19.2 Å². The molecule has 1 aromatic carbocycles. The number of hydrogen-bond acceptors (Lipinski definition) is 5. The maximum Gasteiger partial charge on any atom is 0.241 e. The van der Waals surface area contributed by atoms with Crippen LogP contribution in [0.2, 0.25) is 0 Å². The zero-order chi connectivity index (χ0) is 23.4. The minimum atomic E-state index is -4.02. The van der Waals surface area contributed by atoms with Gasteiger partial charge in [0.05, 0.1) is 4.90 Å². The number of nitrogens with one attached hydrogen (secondary N) is 2. The molecule has 1 amide bonds. The van der Waals surface area contributed by atoms with E-state index in [1.54, 1.807) is 52.2 Å². The number of carbonyl (C=O) groups excluding carboxylic acids is 2. The van der Waals surface area contributed by atoms with Crippen molar-refractivity contribution in [3.63, 3.8) is 0 Å². The first-order chi connectivity index (χ1) is 15.9. The van der Waals surface area contributed by atoms with Crippen LogP contribution in [0.5, 0.6) is 0 Å². The van der Waals surface area contributed by atoms with Crippen LogP contribution in [0.4, 0.5) is 0 Å². The number of likely N-dealkylation sites (tertiary alicyclic amines) is 1. The van der Waals surface area contributed by atoms with Gasteiger partial charge in [-0.1, -0.05) is 6.07 Å². The van der Waals surface area contributed by atoms with Gasteiger partial charge in [-0.25, -0.2) is 8.42 Å². The third kappa shape index (κ3) is 4.99. The molecule has 3 heterocycles. The smallest absolute Gasteiger partial charge is 0.241 e. The first-order valence-electron chi connectivity index (χ1n) is 10.8. The van der Waals surface area contributed by atoms with Crippen LogP contribution in [-0.2, 0) is 26.2 Å². The molecule has 0 bridgehead atoms. The summed E-state index contributed by atoms with van der Waals surface area (Å²) in [4.78, 5) is 29.8. The Balaban J connectivity index is 1.61. The number of sulfonamides is 1. The van der Waals surface area contributed by atoms with E-state index in [1.807, 2.05) is 0 Å². The third-order valence-electron chi connectivity index (χ3n) is 5.90. The van der Waals surface area contributed by atoms with Gasteiger partial charge in [-0.3, -0.25) is 9.59 Å². The number of H-pyrrole nitrogens is 1. The summed E-state index contributed by atoms with van der Waals surface area (Å²) >= 11 is 0. The Kier molecular flexibility index (Phi) is 6.62. The van der Waals surface area contributed by atoms with E-state index in [4.69, 9.17) is 0 Å². The van der Waals surface area contributed by atoms with E-state index in [-0.39, 0.29) is 42.5 Å². The number of nitriles is 1. The topological polar surface area (TPSA) is 128 Å². The summed E-state index contributed by atoms with van der Waals surface area (Å²) < 4.78 is 31.0. The van der Waals surface area contributed by atoms with Crippen LogP contribution < -0.4 is 4.72 Å². The highest BCUT2D eigenvalue weighted by Crippen LogP contribution is 2.23. The fraction of sp³-hybridized carbons (Fsp3) is 0.348. The zero-order valence-electron chi connectivity index (χ0n) is 18.0. The average Bonchev–Trinajstić information content (AvgIpc) is 3.41. The van der Waals surface area contributed by atoms with Gasteiger partial charge in [0.25, 0.3) is 0 Å². The molecule has 4 rings (SSSR count). The number of aromatic nitrogens is 2. The summed E-state index contributed by atoms with van der Waals surface area (Å²) in [6, 6.07) is 11.0. The van der Waals surface area contributed by atoms with Gasteiger partial charge < -0.3 is 14.5 Å². The summed E-state index contributed by atoms with van der Waals surface area (Å²) in [5.74, 6) is -0.257. The standard InChI is InChI=1S/C23H25N5O4S/c24-16-17-4-2-12-27(17)15-10-21(23(30)28-13-3-5-18(29)9-14-28)26-33(31,32)22-7-1-6-20-19(22)8-11-25-20/h1-2,4,6-8,11-12,21,25-26H,3,5,9-10,13-15H2. The molecule has 1 aliphatic rings. The van der Waals surface area contributed by atoms with E-state index < -0.39 is 16.1 Å². The first kappa shape index (κ1) is 22.8. The Labute approximate surface area is 192 Å². The molecular formula is C23H25N5O4S. The van der Waals surface area contributed by atoms with E-state index >= 15 is 0 Å². The predicted octanol–water partition coefficient (Wildman–Crippen LogP) is 2.16. The maximum absolute atomic E-state index is 13.4. The average molecular weight is 468 g/mol. The number of benzene rings is 1. The fourth-order valence-corrected chi connectivity index (χ4v) is 5.60. The number of Topliss-reactive ketones (excluding diaryl/α,β-unsaturated/α-hetero) is 1. The highest BCUT2D eigenvalue weighted by Gasteiger charge is 2.31. The molecule has 0 aliphatic carbocycles. The SMILES string of the molecule is N#Cc1cccn1CCC(NS(=O)(=O)c1cccc2[nH]ccc12)C(=O)N1CCCC(=O)CC1. The number of carbonyl (C=O) groups is 2. The lowest BCUT2D eigenvalue weighted by atomic mass is 10.2. The number of hydrogen-bond donors (Lipinski definition) is 2. The number of rotatable bonds is 7. The summed E-state index contributed by atoms with van der Waals surface area (Å²) in [6.07, 6.45) is 4.79. The highest BCUT2D eigenvalue weighted by molar-refractivity contribution is 7.89. The highest BCUT2D eigenvalue weighted by atomic mass is 32.2. The van der Waals surface area contributed by atoms with Gasteiger partial charge in [-0.15, -0.1) is 0 Å². The molecule has 1 atom stereocenters. The Morgan fingerprint density at radius 1 is 1.18 bits per heavy atom. The van der Waals surface area contributed by atoms with Crippen LogP contribution in [0, 0.1) is 11.3 Å². The molecule has 0 spiro atoms. The normalized spacial score (nSPS) is 15.8. The Bertz CT molecular complexity index is 1320. The van der Waals surface area contributed by atoms with Crippen molar-refractivity contribution in [2.45, 2.75) is 43.2 Å². The van der Waals surface area contributed by atoms with Crippen LogP contribution in [0.1, 0.15) is 31.4 Å². The molecule has 1 aliphatic heterocycles. The Morgan fingerprint density at radius 2 is 2.03 bits per heavy atom. The predicted molar refractivity (Wildman–Crippen MR) is 122 cm³/mol. The quantitative estimate of drug-likeness (QED) is 0.550. The number of aromatic amines is 1. The van der Waals surface area contributed by atoms with Crippen LogP contribution in [0.15, 0.2) is 53.7 Å². The number of aryl methyl sites for hydroxylation is 1. The van der Waals surface area contributed by atoms with Crippen molar-refractivity contribution < 1.29 is 18.0 Å². The lowest BCUT2D eigenvalue weighted by molar-refractivity contribution is -0.133. The van der Waals surface area contributed by atoms with Gasteiger partial charge in [0.15, 0.2) is 0 Å². The van der Waals surface area contributed by atoms with Crippen molar-refractivity contribution in [2.24, 2.45) is 0 Å². The molecule has 1 saturated heterocycles. The maximum atomic E-state index is 13.4. The van der Waals surface area contributed by atoms with Gasteiger partial charge in [-0.2, -0.15) is 9.98 Å². The molecular weight excluding hydrogens is 442 g/mol. The second-order valence-electron chi connectivity index (χ2n) is 8.07. The van der Waals surface area contributed by atoms with E-state index in [9.17, 15) is 23.3 Å². The summed E-state index contributed by atoms with van der Waals surface area (Å²) in [7, 11) is -4.02. The molecule has 2 N–H and O–H groups in total. The monoisotopic (exact) mass is 467 g/mol. The minimum absolute atomic E-state index is 0.0868. The van der Waals surface area contributed by atoms with Crippen molar-refractivity contribution in [3.05, 3.63) is 54.5 Å². The van der Waals surface area contributed by atoms with Gasteiger partial charge in [0, 0.05) is 55.8 Å². The fourth-order valence-electron chi connectivity index (χ4n) is 4.16. The largest absolute Gasteiger partial charge is 0.361 e. The first-order valence-corrected chi connectivity index (χ1v) is 12.3. The van der Waals surface area contributed by atoms with E-state index in [0.29, 0.717) is 36.0 Å². The van der Waals surface area contributed by atoms with Crippen molar-refractivity contribution in [2.75, 3.05) is 13.1 Å². The Hall–Kier alpha value is -3.42. The van der Waals surface area contributed by atoms with Gasteiger partial charge in [-0.05, 0) is 43.2 Å². The molecule has 1 fully saturated rings. The zero-order valence-corrected chi connectivity index (χ0v) is 18.8. The second-order valence-corrected chi connectivity index (χ2v) is 9.76. The third-order valence-corrected chi connectivity index (χ3v) is 7.43. The molecule has 172 valence electrons. The summed E-state index contributed by atoms with van der Waals surface area (Å²) in [5, 5.41) is 9.80. The minimum Gasteiger partial charge on any atom is -0.361 e. The summed E-state index contributed by atoms with van der Waals surface area (Å²) in [5.41, 5.74) is 1.11. The van der Waals surface area contributed by atoms with Crippen LogP contribution in [0.25, 0.3) is 10.9 Å². The lowest BCUT2D eigenvalue weighted by Crippen LogP contribution is -2.49. The summed E-state index contributed by atoms with van der Waals surface area (Å²) in [6.45, 7) is 0.968. The van der Waals surface area contributed by atoms with Crippen LogP contribution in [-0.4, -0.2) is 53.7 Å². The van der Waals surface area contributed by atoms with Gasteiger partial charge in [0.2, 0.25) is 15.9 Å². The number of fused-ring (bicyclic) bond motifs is 1. The molecule has 0 saturated carbocycles. The molecule has 2 aromatic heterocycles. The van der Waals surface area contributed by atoms with Gasteiger partial charge >= 0.3 is 0 Å². The van der Waals surface area contributed by atoms with Gasteiger partial charge in [0.1, 0.15) is 23.6 Å². The van der Waals surface area contributed by atoms with E-state index in [2.05, 4.69) is 15.8 Å². The number of ketones is 1. The number of amides is 1. The van der Waals surface area contributed by atoms with Crippen molar-refractivity contribution in [1.29, 1.82) is 5.26 Å². The van der Waals surface area contributed by atoms with E-state index in [1.165, 1.54) is 6.07 Å². The van der Waals surface area contributed by atoms with E-state index in [0.717, 1.165) is 0 Å². The number of nitrogens with zero attached hydrogens (tertiary/aromatic N) is 3. The molecule has 33 heavy (non-hydrogen) atoms. The second kappa shape index (κ2) is 9.60. The lowest BCUT2D eigenvalue weighted by Gasteiger charge is -2.27. The molecule has 10 heteroatoms. The van der Waals surface area contributed by atoms with Crippen LogP contribution in [0.3, 0.4) is 0 Å². The molecule has 9 nitrogen and oxygen atoms in total. The molecule has 3 aromatic rings. The van der Waals surface area contributed by atoms with Crippen molar-refractivity contribution in [3.8, 4) is 6.07 Å². The van der Waals surface area contributed by atoms with Crippen molar-refractivity contribution >= 4 is 32.6 Å². The van der Waals surface area contributed by atoms with Crippen LogP contribution >= 0.6 is 0 Å². The Morgan fingerprint density at radius 3 is 2.85 bits per heavy atom. The molecule has 1 unspecified atom stereocenters.